The molecule has 0 spiro atoms. The second kappa shape index (κ2) is 4.10. The number of benzene rings is 1. The van der Waals surface area contributed by atoms with Crippen LogP contribution in [0, 0.1) is 6.57 Å². The highest BCUT2D eigenvalue weighted by Gasteiger charge is 2.24. The molecule has 0 fully saturated rings. The van der Waals surface area contributed by atoms with E-state index in [4.69, 9.17) is 12.3 Å². The van der Waals surface area contributed by atoms with E-state index in [0.29, 0.717) is 11.5 Å². The lowest BCUT2D eigenvalue weighted by Gasteiger charge is -2.02. The summed E-state index contributed by atoms with van der Waals surface area (Å²) in [5.41, 5.74) is 7.53. The van der Waals surface area contributed by atoms with E-state index in [2.05, 4.69) is 15.2 Å². The molecule has 0 saturated carbocycles. The Balaban J connectivity index is 2.68. The first-order valence-electron chi connectivity index (χ1n) is 4.96. The number of carbonyl (C=O) groups excluding carboxylic acids is 1. The number of amides is 1. The Labute approximate surface area is 98.5 Å². The first-order valence-corrected chi connectivity index (χ1v) is 4.96. The van der Waals surface area contributed by atoms with E-state index >= 15 is 0 Å². The van der Waals surface area contributed by atoms with Crippen LogP contribution in [-0.2, 0) is 4.79 Å². The second-order valence-corrected chi connectivity index (χ2v) is 3.43. The molecule has 1 amide bonds. The van der Waals surface area contributed by atoms with Crippen LogP contribution in [0.15, 0.2) is 35.0 Å². The Hall–Kier alpha value is -2.61. The number of nitrogens with two attached hydrogens (primary N) is 1. The van der Waals surface area contributed by atoms with Gasteiger partial charge in [0.15, 0.2) is 0 Å². The summed E-state index contributed by atoms with van der Waals surface area (Å²) in [6.45, 7) is 7.06. The summed E-state index contributed by atoms with van der Waals surface area (Å²) in [6, 6.07) is 7.26. The average molecular weight is 226 g/mol. The van der Waals surface area contributed by atoms with Gasteiger partial charge < -0.3 is 11.1 Å². The largest absolute Gasteiger partial charge is 0.383 e. The predicted octanol–water partition coefficient (Wildman–Crippen LogP) is 0.739. The first kappa shape index (κ1) is 10.9. The fourth-order valence-corrected chi connectivity index (χ4v) is 1.66. The smallest absolute Gasteiger partial charge is 0.275 e. The molecule has 0 unspecified atom stereocenters. The Morgan fingerprint density at radius 1 is 1.41 bits per heavy atom. The predicted molar refractivity (Wildman–Crippen MR) is 64.8 cm³/mol. The summed E-state index contributed by atoms with van der Waals surface area (Å²) in [5, 5.41) is 2.42. The molecule has 1 aromatic carbocycles. The number of carbonyl (C=O) groups is 1. The number of hydrogen-bond acceptors (Lipinski definition) is 3. The molecule has 84 valence electrons. The molecule has 1 aliphatic rings. The summed E-state index contributed by atoms with van der Waals surface area (Å²) >= 11 is 0. The quantitative estimate of drug-likeness (QED) is 0.547. The van der Waals surface area contributed by atoms with Crippen molar-refractivity contribution in [2.45, 2.75) is 0 Å². The molecule has 0 bridgehead atoms. The van der Waals surface area contributed by atoms with E-state index < -0.39 is 5.91 Å². The van der Waals surface area contributed by atoms with Gasteiger partial charge in [-0.05, 0) is 0 Å². The molecule has 5 nitrogen and oxygen atoms in total. The first-order chi connectivity index (χ1) is 8.19. The third kappa shape index (κ3) is 1.66. The molecule has 1 aromatic rings. The molecule has 0 radical (unpaired) electrons. The van der Waals surface area contributed by atoms with Crippen LogP contribution in [0.4, 0.5) is 0 Å². The Morgan fingerprint density at radius 2 is 2.06 bits per heavy atom. The van der Waals surface area contributed by atoms with Gasteiger partial charge in [-0.3, -0.25) is 4.79 Å². The van der Waals surface area contributed by atoms with Gasteiger partial charge >= 0.3 is 0 Å². The summed E-state index contributed by atoms with van der Waals surface area (Å²) < 4.78 is 0. The highest BCUT2D eigenvalue weighted by molar-refractivity contribution is 6.14. The zero-order valence-electron chi connectivity index (χ0n) is 9.19. The number of fused-ring (bicyclic) bond motifs is 1. The van der Waals surface area contributed by atoms with Crippen LogP contribution in [0.5, 0.6) is 0 Å². The van der Waals surface area contributed by atoms with Gasteiger partial charge in [-0.1, -0.05) is 24.3 Å². The van der Waals surface area contributed by atoms with Crippen molar-refractivity contribution < 1.29 is 4.79 Å². The molecule has 5 heteroatoms. The van der Waals surface area contributed by atoms with Crippen LogP contribution < -0.4 is 11.1 Å². The van der Waals surface area contributed by atoms with Crippen molar-refractivity contribution in [3.8, 4) is 0 Å². The van der Waals surface area contributed by atoms with Crippen LogP contribution in [0.3, 0.4) is 0 Å². The SMILES string of the molecule is [C-]#[N+]C(C(=O)NC)=C1N=C(N)c2ccccc21. The van der Waals surface area contributed by atoms with Gasteiger partial charge in [0.25, 0.3) is 11.6 Å². The number of nitrogens with one attached hydrogen (secondary N) is 1. The lowest BCUT2D eigenvalue weighted by atomic mass is 10.1. The monoisotopic (exact) mass is 226 g/mol. The van der Waals surface area contributed by atoms with E-state index in [1.807, 2.05) is 18.2 Å². The van der Waals surface area contributed by atoms with Crippen LogP contribution in [0.25, 0.3) is 10.5 Å². The summed E-state index contributed by atoms with van der Waals surface area (Å²) in [6.07, 6.45) is 0. The number of aliphatic imine (C=N–C) groups is 1. The molecule has 1 heterocycles. The molecule has 0 aromatic heterocycles. The minimum Gasteiger partial charge on any atom is -0.383 e. The number of rotatable bonds is 1. The Kier molecular flexibility index (Phi) is 2.63. The van der Waals surface area contributed by atoms with Crippen molar-refractivity contribution in [3.05, 3.63) is 52.5 Å². The maximum absolute atomic E-state index is 11.6. The van der Waals surface area contributed by atoms with Crippen molar-refractivity contribution in [2.75, 3.05) is 7.05 Å². The number of nitrogens with zero attached hydrogens (tertiary/aromatic N) is 2. The third-order valence-electron chi connectivity index (χ3n) is 2.47. The van der Waals surface area contributed by atoms with Crippen LogP contribution in [-0.4, -0.2) is 18.8 Å². The average Bonchev–Trinajstić information content (AvgIpc) is 2.68. The molecular formula is C12H10N4O. The number of hydrogen-bond donors (Lipinski definition) is 2. The highest BCUT2D eigenvalue weighted by Crippen LogP contribution is 2.30. The fourth-order valence-electron chi connectivity index (χ4n) is 1.66. The molecule has 3 N–H and O–H groups in total. The van der Waals surface area contributed by atoms with Gasteiger partial charge in [0.2, 0.25) is 0 Å². The van der Waals surface area contributed by atoms with Crippen LogP contribution in [0.2, 0.25) is 0 Å². The normalized spacial score (nSPS) is 15.6. The zero-order chi connectivity index (χ0) is 12.4. The Bertz CT molecular complexity index is 593. The molecule has 1 aliphatic heterocycles. The molecular weight excluding hydrogens is 216 g/mol. The standard InChI is InChI=1S/C12H10N4O/c1-14-10(12(17)15-2)9-7-5-3-4-6-8(7)11(13)16-9/h3-6H,2H3,(H2,13,16)(H,15,17). The molecule has 0 saturated heterocycles. The van der Waals surface area contributed by atoms with Gasteiger partial charge in [0.1, 0.15) is 5.84 Å². The number of likely N-dealkylation sites (N-methyl/N-ethyl adjacent to an activating group) is 1. The topological polar surface area (TPSA) is 71.8 Å². The fraction of sp³-hybridized carbons (Fsp3) is 0.0833. The van der Waals surface area contributed by atoms with E-state index in [1.54, 1.807) is 6.07 Å². The molecule has 0 atom stereocenters. The van der Waals surface area contributed by atoms with Crippen molar-refractivity contribution in [2.24, 2.45) is 10.7 Å². The van der Waals surface area contributed by atoms with Gasteiger partial charge in [0, 0.05) is 18.2 Å². The van der Waals surface area contributed by atoms with E-state index in [0.717, 1.165) is 11.1 Å². The maximum Gasteiger partial charge on any atom is 0.275 e. The minimum atomic E-state index is -0.455. The summed E-state index contributed by atoms with van der Waals surface area (Å²) in [4.78, 5) is 18.9. The van der Waals surface area contributed by atoms with Crippen molar-refractivity contribution in [1.29, 1.82) is 0 Å². The maximum atomic E-state index is 11.6. The van der Waals surface area contributed by atoms with Crippen molar-refractivity contribution in [1.82, 2.24) is 5.32 Å². The van der Waals surface area contributed by atoms with Gasteiger partial charge in [-0.2, -0.15) is 0 Å². The third-order valence-corrected chi connectivity index (χ3v) is 2.47. The number of amidine groups is 1. The molecule has 0 aliphatic carbocycles. The van der Waals surface area contributed by atoms with E-state index in [-0.39, 0.29) is 5.70 Å². The van der Waals surface area contributed by atoms with Crippen molar-refractivity contribution >= 4 is 17.4 Å². The summed E-state index contributed by atoms with van der Waals surface area (Å²) in [7, 11) is 1.47. The van der Waals surface area contributed by atoms with E-state index in [9.17, 15) is 4.79 Å². The van der Waals surface area contributed by atoms with Gasteiger partial charge in [-0.25, -0.2) is 9.84 Å². The molecule has 2 rings (SSSR count). The second-order valence-electron chi connectivity index (χ2n) is 3.43. The van der Waals surface area contributed by atoms with Crippen LogP contribution in [0.1, 0.15) is 11.1 Å². The van der Waals surface area contributed by atoms with Crippen LogP contribution >= 0.6 is 0 Å². The van der Waals surface area contributed by atoms with E-state index in [1.165, 1.54) is 7.05 Å². The Morgan fingerprint density at radius 3 is 2.65 bits per heavy atom. The lowest BCUT2D eigenvalue weighted by molar-refractivity contribution is -0.116. The van der Waals surface area contributed by atoms with Gasteiger partial charge in [-0.15, -0.1) is 0 Å². The zero-order valence-corrected chi connectivity index (χ0v) is 9.19. The van der Waals surface area contributed by atoms with Crippen molar-refractivity contribution in [3.63, 3.8) is 0 Å². The minimum absolute atomic E-state index is 0.0413. The molecule has 17 heavy (non-hydrogen) atoms. The van der Waals surface area contributed by atoms with Gasteiger partial charge in [0.05, 0.1) is 12.3 Å². The summed E-state index contributed by atoms with van der Waals surface area (Å²) in [5.74, 6) is -0.121. The highest BCUT2D eigenvalue weighted by atomic mass is 16.1. The lowest BCUT2D eigenvalue weighted by Crippen LogP contribution is -2.19.